The number of rotatable bonds is 4. The van der Waals surface area contributed by atoms with Crippen molar-refractivity contribution in [3.05, 3.63) is 24.3 Å². The van der Waals surface area contributed by atoms with E-state index in [-0.39, 0.29) is 0 Å². The van der Waals surface area contributed by atoms with Crippen molar-refractivity contribution in [2.75, 3.05) is 17.6 Å². The Morgan fingerprint density at radius 2 is 2.15 bits per heavy atom. The van der Waals surface area contributed by atoms with Gasteiger partial charge in [-0.1, -0.05) is 12.1 Å². The van der Waals surface area contributed by atoms with Crippen LogP contribution in [0.25, 0.3) is 0 Å². The van der Waals surface area contributed by atoms with Crippen molar-refractivity contribution < 1.29 is 0 Å². The van der Waals surface area contributed by atoms with E-state index < -0.39 is 0 Å². The first-order valence-electron chi connectivity index (χ1n) is 4.36. The van der Waals surface area contributed by atoms with Gasteiger partial charge in [0.25, 0.3) is 0 Å². The molecule has 68 valence electrons. The fourth-order valence-electron chi connectivity index (χ4n) is 1.07. The molecular weight excluding hydrogens is 160 g/mol. The van der Waals surface area contributed by atoms with Crippen LogP contribution in [-0.2, 0) is 0 Å². The van der Waals surface area contributed by atoms with E-state index in [4.69, 9.17) is 12.2 Å². The summed E-state index contributed by atoms with van der Waals surface area (Å²) in [7, 11) is 0. The van der Waals surface area contributed by atoms with Gasteiger partial charge in [-0.05, 0) is 18.6 Å². The second-order valence-electron chi connectivity index (χ2n) is 2.82. The predicted octanol–water partition coefficient (Wildman–Crippen LogP) is 2.09. The third-order valence-corrected chi connectivity index (χ3v) is 1.77. The summed E-state index contributed by atoms with van der Waals surface area (Å²) in [6.07, 6.45) is 6.92. The Morgan fingerprint density at radius 1 is 1.38 bits per heavy atom. The number of hydrogen-bond donors (Lipinski definition) is 2. The van der Waals surface area contributed by atoms with Crippen LogP contribution in [0.15, 0.2) is 24.3 Å². The SMILES string of the molecule is C#CCCCNc1ccccc1N. The smallest absolute Gasteiger partial charge is 0.0573 e. The average molecular weight is 174 g/mol. The van der Waals surface area contributed by atoms with Crippen LogP contribution in [0, 0.1) is 12.3 Å². The molecule has 0 saturated heterocycles. The molecule has 1 aromatic rings. The summed E-state index contributed by atoms with van der Waals surface area (Å²) in [4.78, 5) is 0. The lowest BCUT2D eigenvalue weighted by molar-refractivity contribution is 0.908. The van der Waals surface area contributed by atoms with Gasteiger partial charge >= 0.3 is 0 Å². The molecule has 0 saturated carbocycles. The van der Waals surface area contributed by atoms with Crippen LogP contribution in [0.2, 0.25) is 0 Å². The van der Waals surface area contributed by atoms with Crippen molar-refractivity contribution in [2.45, 2.75) is 12.8 Å². The maximum absolute atomic E-state index is 5.73. The molecule has 0 unspecified atom stereocenters. The Labute approximate surface area is 79.1 Å². The molecule has 0 aliphatic rings. The van der Waals surface area contributed by atoms with Crippen molar-refractivity contribution in [1.82, 2.24) is 0 Å². The maximum atomic E-state index is 5.73. The third-order valence-electron chi connectivity index (χ3n) is 1.77. The monoisotopic (exact) mass is 174 g/mol. The third kappa shape index (κ3) is 3.08. The summed E-state index contributed by atoms with van der Waals surface area (Å²) in [5.41, 5.74) is 7.50. The Bertz CT molecular complexity index is 299. The van der Waals surface area contributed by atoms with Crippen LogP contribution in [0.5, 0.6) is 0 Å². The fraction of sp³-hybridized carbons (Fsp3) is 0.273. The van der Waals surface area contributed by atoms with Gasteiger partial charge in [0.1, 0.15) is 0 Å². The Kier molecular flexibility index (Phi) is 3.72. The van der Waals surface area contributed by atoms with E-state index in [9.17, 15) is 0 Å². The summed E-state index contributed by atoms with van der Waals surface area (Å²) in [6.45, 7) is 0.873. The lowest BCUT2D eigenvalue weighted by atomic mass is 10.2. The number of terminal acetylenes is 1. The molecule has 0 atom stereocenters. The minimum absolute atomic E-state index is 0.781. The Balaban J connectivity index is 2.37. The van der Waals surface area contributed by atoms with E-state index in [2.05, 4.69) is 11.2 Å². The minimum atomic E-state index is 0.781. The first-order chi connectivity index (χ1) is 6.34. The zero-order valence-electron chi connectivity index (χ0n) is 7.59. The van der Waals surface area contributed by atoms with Gasteiger partial charge in [-0.3, -0.25) is 0 Å². The minimum Gasteiger partial charge on any atom is -0.397 e. The number of unbranched alkanes of at least 4 members (excludes halogenated alkanes) is 1. The molecule has 0 aliphatic heterocycles. The summed E-state index contributed by atoms with van der Waals surface area (Å²) in [6, 6.07) is 7.72. The molecule has 0 fully saturated rings. The molecule has 3 N–H and O–H groups in total. The van der Waals surface area contributed by atoms with E-state index in [1.54, 1.807) is 0 Å². The first-order valence-corrected chi connectivity index (χ1v) is 4.36. The number of para-hydroxylation sites is 2. The summed E-state index contributed by atoms with van der Waals surface area (Å²) >= 11 is 0. The molecule has 0 aliphatic carbocycles. The van der Waals surface area contributed by atoms with Crippen molar-refractivity contribution in [2.24, 2.45) is 0 Å². The van der Waals surface area contributed by atoms with E-state index >= 15 is 0 Å². The van der Waals surface area contributed by atoms with E-state index in [1.165, 1.54) is 0 Å². The van der Waals surface area contributed by atoms with Crippen molar-refractivity contribution in [3.8, 4) is 12.3 Å². The molecule has 0 amide bonds. The van der Waals surface area contributed by atoms with E-state index in [0.29, 0.717) is 0 Å². The second kappa shape index (κ2) is 5.10. The highest BCUT2D eigenvalue weighted by atomic mass is 14.9. The summed E-state index contributed by atoms with van der Waals surface area (Å²) in [5, 5.41) is 3.23. The quantitative estimate of drug-likeness (QED) is 0.417. The molecule has 1 aromatic carbocycles. The lowest BCUT2D eigenvalue weighted by Gasteiger charge is -2.07. The highest BCUT2D eigenvalue weighted by Crippen LogP contribution is 2.16. The summed E-state index contributed by atoms with van der Waals surface area (Å²) < 4.78 is 0. The van der Waals surface area contributed by atoms with Crippen molar-refractivity contribution in [1.29, 1.82) is 0 Å². The van der Waals surface area contributed by atoms with Gasteiger partial charge in [0, 0.05) is 13.0 Å². The van der Waals surface area contributed by atoms with Gasteiger partial charge in [0.05, 0.1) is 11.4 Å². The maximum Gasteiger partial charge on any atom is 0.0573 e. The fourth-order valence-corrected chi connectivity index (χ4v) is 1.07. The summed E-state index contributed by atoms with van der Waals surface area (Å²) in [5.74, 6) is 2.60. The van der Waals surface area contributed by atoms with Gasteiger partial charge in [-0.15, -0.1) is 12.3 Å². The van der Waals surface area contributed by atoms with Crippen LogP contribution in [-0.4, -0.2) is 6.54 Å². The highest BCUT2D eigenvalue weighted by molar-refractivity contribution is 5.65. The molecule has 0 radical (unpaired) electrons. The van der Waals surface area contributed by atoms with Crippen LogP contribution >= 0.6 is 0 Å². The largest absolute Gasteiger partial charge is 0.397 e. The van der Waals surface area contributed by atoms with E-state index in [1.807, 2.05) is 24.3 Å². The normalized spacial score (nSPS) is 9.15. The topological polar surface area (TPSA) is 38.0 Å². The first kappa shape index (κ1) is 9.47. The van der Waals surface area contributed by atoms with Crippen LogP contribution in [0.3, 0.4) is 0 Å². The molecule has 2 nitrogen and oxygen atoms in total. The Morgan fingerprint density at radius 3 is 2.85 bits per heavy atom. The number of benzene rings is 1. The van der Waals surface area contributed by atoms with Gasteiger partial charge in [-0.2, -0.15) is 0 Å². The molecule has 2 heteroatoms. The zero-order chi connectivity index (χ0) is 9.52. The lowest BCUT2D eigenvalue weighted by Crippen LogP contribution is -2.03. The van der Waals surface area contributed by atoms with Crippen molar-refractivity contribution >= 4 is 11.4 Å². The number of nitrogens with one attached hydrogen (secondary N) is 1. The number of hydrogen-bond acceptors (Lipinski definition) is 2. The predicted molar refractivity (Wildman–Crippen MR) is 57.4 cm³/mol. The van der Waals surface area contributed by atoms with Gasteiger partial charge in [-0.25, -0.2) is 0 Å². The average Bonchev–Trinajstić information content (AvgIpc) is 2.15. The molecular formula is C11H14N2. The molecule has 0 aromatic heterocycles. The molecule has 0 spiro atoms. The zero-order valence-corrected chi connectivity index (χ0v) is 7.59. The molecule has 13 heavy (non-hydrogen) atoms. The second-order valence-corrected chi connectivity index (χ2v) is 2.82. The van der Waals surface area contributed by atoms with Gasteiger partial charge in [0.15, 0.2) is 0 Å². The van der Waals surface area contributed by atoms with Crippen molar-refractivity contribution in [3.63, 3.8) is 0 Å². The highest BCUT2D eigenvalue weighted by Gasteiger charge is 1.94. The molecule has 1 rings (SSSR count). The van der Waals surface area contributed by atoms with Crippen LogP contribution in [0.1, 0.15) is 12.8 Å². The standard InChI is InChI=1S/C11H14N2/c1-2-3-6-9-13-11-8-5-4-7-10(11)12/h1,4-5,7-8,13H,3,6,9,12H2. The van der Waals surface area contributed by atoms with Crippen LogP contribution in [0.4, 0.5) is 11.4 Å². The van der Waals surface area contributed by atoms with Gasteiger partial charge in [0.2, 0.25) is 0 Å². The number of anilines is 2. The van der Waals surface area contributed by atoms with Crippen LogP contribution < -0.4 is 11.1 Å². The number of nitrogen functional groups attached to an aromatic ring is 1. The Hall–Kier alpha value is -1.62. The molecule has 0 heterocycles. The van der Waals surface area contributed by atoms with Gasteiger partial charge < -0.3 is 11.1 Å². The molecule has 0 bridgehead atoms. The van der Waals surface area contributed by atoms with E-state index in [0.717, 1.165) is 30.8 Å². The number of nitrogens with two attached hydrogens (primary N) is 1.